The number of rotatable bonds is 13. The van der Waals surface area contributed by atoms with Gasteiger partial charge in [0.1, 0.15) is 31.0 Å². The molecule has 0 bridgehead atoms. The highest BCUT2D eigenvalue weighted by atomic mass is 16.7. The minimum atomic E-state index is -1.52. The van der Waals surface area contributed by atoms with E-state index in [4.69, 9.17) is 28.4 Å². The molecule has 0 saturated carbocycles. The standard InChI is InChI=1S/C28H34O9/c1-4-16-33-25-24(35-17-20-12-8-6-9-13-20)22(18-34-19(3)29)36-28(31)26(25)37-23(27(30)32-5-2)21-14-10-7-11-15-21/h4,6-15,22-26,28,31H,1,5,16-18H2,2-3H3/t22-,23-,24-,25+,26-,28?/m1/s1. The smallest absolute Gasteiger partial charge is 0.339 e. The molecule has 6 atom stereocenters. The van der Waals surface area contributed by atoms with Crippen LogP contribution in [0.3, 0.4) is 0 Å². The molecule has 1 saturated heterocycles. The van der Waals surface area contributed by atoms with Crippen LogP contribution >= 0.6 is 0 Å². The van der Waals surface area contributed by atoms with Crippen molar-refractivity contribution in [2.45, 2.75) is 57.3 Å². The molecule has 1 aliphatic heterocycles. The second kappa shape index (κ2) is 14.6. The van der Waals surface area contributed by atoms with E-state index in [-0.39, 0.29) is 26.4 Å². The van der Waals surface area contributed by atoms with Crippen LogP contribution in [0, 0.1) is 0 Å². The van der Waals surface area contributed by atoms with Crippen LogP contribution in [-0.4, -0.2) is 67.6 Å². The quantitative estimate of drug-likeness (QED) is 0.318. The molecule has 0 amide bonds. The Bertz CT molecular complexity index is 982. The van der Waals surface area contributed by atoms with Gasteiger partial charge in [-0.15, -0.1) is 6.58 Å². The lowest BCUT2D eigenvalue weighted by Gasteiger charge is -2.44. The van der Waals surface area contributed by atoms with Crippen molar-refractivity contribution in [3.8, 4) is 0 Å². The van der Waals surface area contributed by atoms with Crippen LogP contribution < -0.4 is 0 Å². The summed E-state index contributed by atoms with van der Waals surface area (Å²) in [6.45, 7) is 6.96. The Kier molecular flexibility index (Phi) is 11.2. The zero-order valence-electron chi connectivity index (χ0n) is 21.1. The zero-order chi connectivity index (χ0) is 26.6. The number of hydrogen-bond acceptors (Lipinski definition) is 9. The lowest BCUT2D eigenvalue weighted by molar-refractivity contribution is -0.317. The summed E-state index contributed by atoms with van der Waals surface area (Å²) >= 11 is 0. The first-order valence-corrected chi connectivity index (χ1v) is 12.2. The Morgan fingerprint density at radius 3 is 2.30 bits per heavy atom. The van der Waals surface area contributed by atoms with Gasteiger partial charge in [0.2, 0.25) is 0 Å². The maximum atomic E-state index is 12.9. The van der Waals surface area contributed by atoms with E-state index in [1.807, 2.05) is 36.4 Å². The van der Waals surface area contributed by atoms with E-state index in [0.717, 1.165) is 5.56 Å². The predicted octanol–water partition coefficient (Wildman–Crippen LogP) is 3.11. The third-order valence-corrected chi connectivity index (χ3v) is 5.65. The van der Waals surface area contributed by atoms with E-state index in [9.17, 15) is 14.7 Å². The predicted molar refractivity (Wildman–Crippen MR) is 133 cm³/mol. The van der Waals surface area contributed by atoms with Crippen molar-refractivity contribution in [2.75, 3.05) is 19.8 Å². The molecule has 200 valence electrons. The summed E-state index contributed by atoms with van der Waals surface area (Å²) in [6, 6.07) is 18.3. The molecule has 9 heteroatoms. The summed E-state index contributed by atoms with van der Waals surface area (Å²) in [4.78, 5) is 24.4. The molecule has 2 aromatic carbocycles. The minimum absolute atomic E-state index is 0.109. The number of ether oxygens (including phenoxy) is 6. The number of aliphatic hydroxyl groups is 1. The number of benzene rings is 2. The second-order valence-electron chi connectivity index (χ2n) is 8.36. The molecule has 3 rings (SSSR count). The van der Waals surface area contributed by atoms with E-state index < -0.39 is 48.7 Å². The summed E-state index contributed by atoms with van der Waals surface area (Å²) in [5, 5.41) is 11.0. The Morgan fingerprint density at radius 2 is 1.68 bits per heavy atom. The SMILES string of the molecule is C=CCO[C@H]1[C@H](OCc2ccccc2)[C@@H](COC(C)=O)OC(O)[C@@H]1O[C@@H](C(=O)OCC)c1ccccc1. The van der Waals surface area contributed by atoms with Gasteiger partial charge >= 0.3 is 11.9 Å². The lowest BCUT2D eigenvalue weighted by atomic mass is 9.97. The fourth-order valence-electron chi connectivity index (χ4n) is 3.98. The van der Waals surface area contributed by atoms with Crippen LogP contribution in [0.1, 0.15) is 31.1 Å². The maximum absolute atomic E-state index is 12.9. The molecule has 0 aromatic heterocycles. The summed E-state index contributed by atoms with van der Waals surface area (Å²) < 4.78 is 34.6. The van der Waals surface area contributed by atoms with Gasteiger partial charge in [-0.2, -0.15) is 0 Å². The molecule has 37 heavy (non-hydrogen) atoms. The normalized spacial score (nSPS) is 24.1. The largest absolute Gasteiger partial charge is 0.464 e. The van der Waals surface area contributed by atoms with E-state index in [1.165, 1.54) is 6.92 Å². The minimum Gasteiger partial charge on any atom is -0.464 e. The fraction of sp³-hybridized carbons (Fsp3) is 0.429. The van der Waals surface area contributed by atoms with Crippen molar-refractivity contribution in [3.63, 3.8) is 0 Å². The molecule has 1 fully saturated rings. The third kappa shape index (κ3) is 8.21. The van der Waals surface area contributed by atoms with Gasteiger partial charge in [0.05, 0.1) is 19.8 Å². The van der Waals surface area contributed by atoms with Crippen molar-refractivity contribution in [3.05, 3.63) is 84.4 Å². The van der Waals surface area contributed by atoms with Crippen molar-refractivity contribution < 1.29 is 43.1 Å². The second-order valence-corrected chi connectivity index (χ2v) is 8.36. The van der Waals surface area contributed by atoms with Crippen LogP contribution in [0.15, 0.2) is 73.3 Å². The van der Waals surface area contributed by atoms with Gasteiger partial charge in [-0.25, -0.2) is 4.79 Å². The molecular weight excluding hydrogens is 480 g/mol. The van der Waals surface area contributed by atoms with Crippen LogP contribution in [0.2, 0.25) is 0 Å². The van der Waals surface area contributed by atoms with E-state index in [1.54, 1.807) is 37.3 Å². The monoisotopic (exact) mass is 514 g/mol. The molecule has 0 spiro atoms. The summed E-state index contributed by atoms with van der Waals surface area (Å²) in [7, 11) is 0. The van der Waals surface area contributed by atoms with Gasteiger partial charge in [0, 0.05) is 6.92 Å². The van der Waals surface area contributed by atoms with Gasteiger partial charge < -0.3 is 33.5 Å². The first-order chi connectivity index (χ1) is 17.9. The Hall–Kier alpha value is -3.08. The van der Waals surface area contributed by atoms with Crippen LogP contribution in [0.4, 0.5) is 0 Å². The number of esters is 2. The van der Waals surface area contributed by atoms with Crippen molar-refractivity contribution >= 4 is 11.9 Å². The van der Waals surface area contributed by atoms with Gasteiger partial charge in [-0.3, -0.25) is 4.79 Å². The molecule has 0 aliphatic carbocycles. The molecule has 1 unspecified atom stereocenters. The Balaban J connectivity index is 1.92. The molecule has 1 heterocycles. The topological polar surface area (TPSA) is 110 Å². The fourth-order valence-corrected chi connectivity index (χ4v) is 3.98. The van der Waals surface area contributed by atoms with Crippen LogP contribution in [-0.2, 0) is 44.6 Å². The summed E-state index contributed by atoms with van der Waals surface area (Å²) in [5.74, 6) is -1.12. The molecular formula is C28H34O9. The summed E-state index contributed by atoms with van der Waals surface area (Å²) in [5.41, 5.74) is 1.44. The highest BCUT2D eigenvalue weighted by Crippen LogP contribution is 2.32. The third-order valence-electron chi connectivity index (χ3n) is 5.65. The Labute approximate surface area is 216 Å². The first kappa shape index (κ1) is 28.5. The average molecular weight is 515 g/mol. The van der Waals surface area contributed by atoms with Gasteiger partial charge in [0.25, 0.3) is 0 Å². The van der Waals surface area contributed by atoms with Crippen molar-refractivity contribution in [1.82, 2.24) is 0 Å². The first-order valence-electron chi connectivity index (χ1n) is 12.2. The maximum Gasteiger partial charge on any atom is 0.339 e. The molecule has 1 aliphatic rings. The highest BCUT2D eigenvalue weighted by molar-refractivity contribution is 5.76. The molecule has 9 nitrogen and oxygen atoms in total. The van der Waals surface area contributed by atoms with Gasteiger partial charge in [0.15, 0.2) is 12.4 Å². The van der Waals surface area contributed by atoms with E-state index in [2.05, 4.69) is 6.58 Å². The van der Waals surface area contributed by atoms with Crippen molar-refractivity contribution in [1.29, 1.82) is 0 Å². The van der Waals surface area contributed by atoms with Crippen LogP contribution in [0.5, 0.6) is 0 Å². The number of carbonyl (C=O) groups excluding carboxylic acids is 2. The lowest BCUT2D eigenvalue weighted by Crippen LogP contribution is -2.61. The van der Waals surface area contributed by atoms with Gasteiger partial charge in [-0.05, 0) is 18.1 Å². The number of carbonyl (C=O) groups is 2. The Morgan fingerprint density at radius 1 is 1.00 bits per heavy atom. The molecule has 1 N–H and O–H groups in total. The van der Waals surface area contributed by atoms with E-state index in [0.29, 0.717) is 5.56 Å². The number of aliphatic hydroxyl groups excluding tert-OH is 1. The summed E-state index contributed by atoms with van der Waals surface area (Å²) in [6.07, 6.45) is -4.88. The highest BCUT2D eigenvalue weighted by Gasteiger charge is 2.49. The number of hydrogen-bond donors (Lipinski definition) is 1. The van der Waals surface area contributed by atoms with Gasteiger partial charge in [-0.1, -0.05) is 66.7 Å². The van der Waals surface area contributed by atoms with Crippen molar-refractivity contribution in [2.24, 2.45) is 0 Å². The average Bonchev–Trinajstić information content (AvgIpc) is 2.90. The van der Waals surface area contributed by atoms with Crippen LogP contribution in [0.25, 0.3) is 0 Å². The molecule has 2 aromatic rings. The zero-order valence-corrected chi connectivity index (χ0v) is 21.1. The molecule has 0 radical (unpaired) electrons. The van der Waals surface area contributed by atoms with E-state index >= 15 is 0 Å².